The Balaban J connectivity index is 1.54. The number of fused-ring (bicyclic) bond motifs is 1. The second kappa shape index (κ2) is 7.14. The summed E-state index contributed by atoms with van der Waals surface area (Å²) in [7, 11) is -3.27. The molecule has 2 aromatic heterocycles. The second-order valence-corrected chi connectivity index (χ2v) is 9.85. The minimum absolute atomic E-state index is 0.295. The zero-order valence-corrected chi connectivity index (χ0v) is 16.9. The van der Waals surface area contributed by atoms with Gasteiger partial charge in [-0.1, -0.05) is 0 Å². The molecule has 3 heterocycles. The van der Waals surface area contributed by atoms with Gasteiger partial charge in [0.15, 0.2) is 9.84 Å². The van der Waals surface area contributed by atoms with Gasteiger partial charge in [0.05, 0.1) is 21.1 Å². The summed E-state index contributed by atoms with van der Waals surface area (Å²) in [6.07, 6.45) is 2.76. The van der Waals surface area contributed by atoms with Crippen molar-refractivity contribution in [2.75, 3.05) is 37.3 Å². The quantitative estimate of drug-likeness (QED) is 0.660. The molecule has 0 unspecified atom stereocenters. The predicted octanol–water partition coefficient (Wildman–Crippen LogP) is 2.12. The predicted molar refractivity (Wildman–Crippen MR) is 107 cm³/mol. The lowest BCUT2D eigenvalue weighted by molar-refractivity contribution is 0.247. The molecule has 3 aromatic rings. The molecule has 1 aliphatic rings. The van der Waals surface area contributed by atoms with Crippen LogP contribution in [0.3, 0.4) is 0 Å². The number of anilines is 1. The number of rotatable bonds is 4. The molecule has 1 aliphatic heterocycles. The minimum atomic E-state index is -3.27. The highest BCUT2D eigenvalue weighted by molar-refractivity contribution is 7.90. The summed E-state index contributed by atoms with van der Waals surface area (Å²) in [5, 5.41) is 3.99. The van der Waals surface area contributed by atoms with Crippen molar-refractivity contribution in [3.05, 3.63) is 40.6 Å². The number of aromatic nitrogens is 3. The van der Waals surface area contributed by atoms with E-state index in [9.17, 15) is 8.42 Å². The molecule has 9 heteroatoms. The van der Waals surface area contributed by atoms with E-state index in [4.69, 9.17) is 0 Å². The van der Waals surface area contributed by atoms with Crippen LogP contribution in [0.25, 0.3) is 10.9 Å². The van der Waals surface area contributed by atoms with Gasteiger partial charge >= 0.3 is 0 Å². The summed E-state index contributed by atoms with van der Waals surface area (Å²) in [6.45, 7) is 6.37. The first-order chi connectivity index (χ1) is 12.9. The van der Waals surface area contributed by atoms with Crippen molar-refractivity contribution in [2.24, 2.45) is 0 Å². The number of thiazole rings is 1. The maximum Gasteiger partial charge on any atom is 0.175 e. The SMILES string of the molecule is Cc1nc(CN2CCN(c3ncnc4ccc(S(C)(=O)=O)cc34)CC2)cs1. The maximum absolute atomic E-state index is 11.9. The van der Waals surface area contributed by atoms with Gasteiger partial charge in [0.2, 0.25) is 0 Å². The third-order valence-corrected chi connectivity index (χ3v) is 6.67. The largest absolute Gasteiger partial charge is 0.353 e. The Morgan fingerprint density at radius 1 is 1.15 bits per heavy atom. The first-order valence-corrected chi connectivity index (χ1v) is 11.5. The van der Waals surface area contributed by atoms with E-state index in [0.29, 0.717) is 4.90 Å². The molecule has 0 N–H and O–H groups in total. The maximum atomic E-state index is 11.9. The van der Waals surface area contributed by atoms with Gasteiger partial charge < -0.3 is 4.90 Å². The Labute approximate surface area is 162 Å². The normalized spacial score (nSPS) is 16.1. The van der Waals surface area contributed by atoms with Crippen LogP contribution in [0.1, 0.15) is 10.7 Å². The average molecular weight is 404 g/mol. The molecule has 7 nitrogen and oxygen atoms in total. The van der Waals surface area contributed by atoms with Crippen molar-refractivity contribution in [1.29, 1.82) is 0 Å². The lowest BCUT2D eigenvalue weighted by Gasteiger charge is -2.35. The molecule has 0 bridgehead atoms. The minimum Gasteiger partial charge on any atom is -0.353 e. The molecule has 27 heavy (non-hydrogen) atoms. The smallest absolute Gasteiger partial charge is 0.175 e. The van der Waals surface area contributed by atoms with Gasteiger partial charge in [-0.15, -0.1) is 11.3 Å². The molecule has 1 aromatic carbocycles. The summed E-state index contributed by atoms with van der Waals surface area (Å²) in [4.78, 5) is 18.2. The van der Waals surface area contributed by atoms with Crippen molar-refractivity contribution in [3.63, 3.8) is 0 Å². The molecule has 0 aliphatic carbocycles. The molecule has 0 atom stereocenters. The van der Waals surface area contributed by atoms with Crippen LogP contribution in [0, 0.1) is 6.92 Å². The summed E-state index contributed by atoms with van der Waals surface area (Å²) < 4.78 is 23.8. The van der Waals surface area contributed by atoms with Crippen LogP contribution in [0.2, 0.25) is 0 Å². The molecular formula is C18H21N5O2S2. The Bertz CT molecular complexity index is 1070. The van der Waals surface area contributed by atoms with Crippen LogP contribution in [-0.2, 0) is 16.4 Å². The van der Waals surface area contributed by atoms with Crippen molar-refractivity contribution in [2.45, 2.75) is 18.4 Å². The molecule has 0 saturated carbocycles. The number of benzene rings is 1. The highest BCUT2D eigenvalue weighted by Gasteiger charge is 2.21. The van der Waals surface area contributed by atoms with Crippen LogP contribution < -0.4 is 4.90 Å². The molecule has 4 rings (SSSR count). The third-order valence-electron chi connectivity index (χ3n) is 4.74. The van der Waals surface area contributed by atoms with Gasteiger partial charge in [0, 0.05) is 49.7 Å². The molecule has 1 fully saturated rings. The standard InChI is InChI=1S/C18H21N5O2S2/c1-13-21-14(11-26-13)10-22-5-7-23(8-6-22)18-16-9-15(27(2,24)25)3-4-17(16)19-12-20-18/h3-4,9,11-12H,5-8,10H2,1-2H3. The molecule has 0 radical (unpaired) electrons. The number of nitrogens with zero attached hydrogens (tertiary/aromatic N) is 5. The lowest BCUT2D eigenvalue weighted by atomic mass is 10.2. The molecule has 1 saturated heterocycles. The fraction of sp³-hybridized carbons (Fsp3) is 0.389. The highest BCUT2D eigenvalue weighted by atomic mass is 32.2. The topological polar surface area (TPSA) is 79.3 Å². The Hall–Kier alpha value is -2.10. The molecule has 0 amide bonds. The molecule has 0 spiro atoms. The van der Waals surface area contributed by atoms with Crippen LogP contribution in [-0.4, -0.2) is 60.7 Å². The van der Waals surface area contributed by atoms with E-state index < -0.39 is 9.84 Å². The van der Waals surface area contributed by atoms with Gasteiger partial charge in [-0.3, -0.25) is 4.90 Å². The first-order valence-electron chi connectivity index (χ1n) is 8.73. The molecule has 142 valence electrons. The summed E-state index contributed by atoms with van der Waals surface area (Å²) in [5.41, 5.74) is 1.88. The number of hydrogen-bond acceptors (Lipinski definition) is 8. The number of piperazine rings is 1. The van der Waals surface area contributed by atoms with Gasteiger partial charge in [0.1, 0.15) is 12.1 Å². The van der Waals surface area contributed by atoms with Gasteiger partial charge in [0.25, 0.3) is 0 Å². The average Bonchev–Trinajstić information content (AvgIpc) is 3.05. The summed E-state index contributed by atoms with van der Waals surface area (Å²) in [6, 6.07) is 5.03. The van der Waals surface area contributed by atoms with Crippen molar-refractivity contribution in [1.82, 2.24) is 19.9 Å². The van der Waals surface area contributed by atoms with Gasteiger partial charge in [-0.2, -0.15) is 0 Å². The summed E-state index contributed by atoms with van der Waals surface area (Å²) >= 11 is 1.68. The van der Waals surface area contributed by atoms with E-state index in [0.717, 1.165) is 60.1 Å². The van der Waals surface area contributed by atoms with Crippen molar-refractivity contribution < 1.29 is 8.42 Å². The lowest BCUT2D eigenvalue weighted by Crippen LogP contribution is -2.46. The Kier molecular flexibility index (Phi) is 4.83. The number of hydrogen-bond donors (Lipinski definition) is 0. The van der Waals surface area contributed by atoms with Gasteiger partial charge in [-0.25, -0.2) is 23.4 Å². The van der Waals surface area contributed by atoms with Crippen LogP contribution in [0.15, 0.2) is 34.8 Å². The zero-order chi connectivity index (χ0) is 19.0. The van der Waals surface area contributed by atoms with E-state index >= 15 is 0 Å². The monoisotopic (exact) mass is 403 g/mol. The van der Waals surface area contributed by atoms with E-state index in [-0.39, 0.29) is 0 Å². The first kappa shape index (κ1) is 18.3. The Morgan fingerprint density at radius 3 is 2.59 bits per heavy atom. The van der Waals surface area contributed by atoms with Gasteiger partial charge in [-0.05, 0) is 25.1 Å². The number of sulfone groups is 1. The van der Waals surface area contributed by atoms with E-state index in [2.05, 4.69) is 30.1 Å². The van der Waals surface area contributed by atoms with Crippen LogP contribution in [0.4, 0.5) is 5.82 Å². The van der Waals surface area contributed by atoms with E-state index in [1.54, 1.807) is 35.9 Å². The van der Waals surface area contributed by atoms with E-state index in [1.807, 2.05) is 6.92 Å². The fourth-order valence-corrected chi connectivity index (χ4v) is 4.58. The summed E-state index contributed by atoms with van der Waals surface area (Å²) in [5.74, 6) is 0.801. The fourth-order valence-electron chi connectivity index (χ4n) is 3.33. The van der Waals surface area contributed by atoms with Crippen LogP contribution >= 0.6 is 11.3 Å². The molecular weight excluding hydrogens is 382 g/mol. The van der Waals surface area contributed by atoms with Crippen molar-refractivity contribution >= 4 is 37.9 Å². The zero-order valence-electron chi connectivity index (χ0n) is 15.3. The highest BCUT2D eigenvalue weighted by Crippen LogP contribution is 2.26. The second-order valence-electron chi connectivity index (χ2n) is 6.77. The van der Waals surface area contributed by atoms with E-state index in [1.165, 1.54) is 6.26 Å². The van der Waals surface area contributed by atoms with Crippen molar-refractivity contribution in [3.8, 4) is 0 Å². The Morgan fingerprint density at radius 2 is 1.93 bits per heavy atom. The van der Waals surface area contributed by atoms with Crippen LogP contribution in [0.5, 0.6) is 0 Å². The number of aryl methyl sites for hydroxylation is 1. The third kappa shape index (κ3) is 3.95.